The molecule has 0 radical (unpaired) electrons. The molecule has 1 heterocycles. The lowest BCUT2D eigenvalue weighted by atomic mass is 9.87. The van der Waals surface area contributed by atoms with E-state index >= 15 is 0 Å². The van der Waals surface area contributed by atoms with Gasteiger partial charge >= 0.3 is 6.03 Å². The summed E-state index contributed by atoms with van der Waals surface area (Å²) < 4.78 is 13.2. The average Bonchev–Trinajstić information content (AvgIpc) is 2.84. The number of amides is 3. The number of aryl methyl sites for hydroxylation is 2. The van der Waals surface area contributed by atoms with E-state index < -0.39 is 11.6 Å². The number of hydrogen-bond acceptors (Lipinski definition) is 2. The van der Waals surface area contributed by atoms with Crippen LogP contribution in [0.4, 0.5) is 9.18 Å². The number of carbonyl (C=O) groups is 2. The molecule has 0 saturated carbocycles. The highest BCUT2D eigenvalue weighted by atomic mass is 19.1. The summed E-state index contributed by atoms with van der Waals surface area (Å²) in [6, 6.07) is 11.3. The maximum Gasteiger partial charge on any atom is 0.325 e. The van der Waals surface area contributed by atoms with Crippen molar-refractivity contribution in [2.24, 2.45) is 0 Å². The molecule has 0 spiro atoms. The van der Waals surface area contributed by atoms with Gasteiger partial charge in [0, 0.05) is 0 Å². The molecule has 1 saturated heterocycles. The lowest BCUT2D eigenvalue weighted by molar-refractivity contribution is -0.132. The number of carbonyl (C=O) groups excluding carboxylic acids is 2. The number of nitrogens with one attached hydrogen (secondary N) is 1. The van der Waals surface area contributed by atoms with Crippen LogP contribution in [0.2, 0.25) is 0 Å². The molecule has 3 rings (SSSR count). The molecular weight excluding hydrogens is 319 g/mol. The first-order valence-electron chi connectivity index (χ1n) is 8.33. The molecule has 2 aromatic rings. The van der Waals surface area contributed by atoms with Crippen LogP contribution < -0.4 is 5.32 Å². The van der Waals surface area contributed by atoms with E-state index in [-0.39, 0.29) is 18.3 Å². The zero-order chi connectivity index (χ0) is 18.2. The Morgan fingerprint density at radius 2 is 1.76 bits per heavy atom. The molecule has 1 N–H and O–H groups in total. The summed E-state index contributed by atoms with van der Waals surface area (Å²) in [4.78, 5) is 26.9. The summed E-state index contributed by atoms with van der Waals surface area (Å²) in [5.41, 5.74) is 2.50. The third-order valence-electron chi connectivity index (χ3n) is 4.88. The molecule has 0 aliphatic carbocycles. The van der Waals surface area contributed by atoms with Crippen LogP contribution in [0.25, 0.3) is 0 Å². The Morgan fingerprint density at radius 3 is 2.40 bits per heavy atom. The van der Waals surface area contributed by atoms with Gasteiger partial charge in [0.05, 0.1) is 6.54 Å². The minimum atomic E-state index is -1.14. The van der Waals surface area contributed by atoms with Crippen LogP contribution in [-0.4, -0.2) is 16.8 Å². The summed E-state index contributed by atoms with van der Waals surface area (Å²) >= 11 is 0. The molecule has 2 aromatic carbocycles. The Morgan fingerprint density at radius 1 is 1.08 bits per heavy atom. The van der Waals surface area contributed by atoms with Gasteiger partial charge in [-0.2, -0.15) is 0 Å². The topological polar surface area (TPSA) is 49.4 Å². The second-order valence-electron chi connectivity index (χ2n) is 6.52. The number of imide groups is 1. The maximum absolute atomic E-state index is 13.2. The number of benzene rings is 2. The molecule has 0 unspecified atom stereocenters. The van der Waals surface area contributed by atoms with Gasteiger partial charge in [0.1, 0.15) is 11.4 Å². The predicted octanol–water partition coefficient (Wildman–Crippen LogP) is 3.80. The average molecular weight is 340 g/mol. The van der Waals surface area contributed by atoms with Gasteiger partial charge < -0.3 is 5.32 Å². The van der Waals surface area contributed by atoms with Crippen molar-refractivity contribution in [2.75, 3.05) is 0 Å². The standard InChI is InChI=1S/C20H21FN2O2/c1-4-20(16-7-9-17(21)10-8-16)18(24)23(19(25)22-20)12-15-11-13(2)5-6-14(15)3/h5-11H,4,12H2,1-3H3,(H,22,25)/t20-/m1/s1. The molecule has 4 nitrogen and oxygen atoms in total. The molecule has 25 heavy (non-hydrogen) atoms. The Labute approximate surface area is 146 Å². The van der Waals surface area contributed by atoms with E-state index in [9.17, 15) is 14.0 Å². The van der Waals surface area contributed by atoms with Gasteiger partial charge in [0.2, 0.25) is 0 Å². The van der Waals surface area contributed by atoms with Gasteiger partial charge in [-0.1, -0.05) is 42.8 Å². The Hall–Kier alpha value is -2.69. The van der Waals surface area contributed by atoms with Gasteiger partial charge in [0.15, 0.2) is 0 Å². The SMILES string of the molecule is CC[C@]1(c2ccc(F)cc2)NC(=O)N(Cc2cc(C)ccc2C)C1=O. The van der Waals surface area contributed by atoms with E-state index in [0.29, 0.717) is 12.0 Å². The van der Waals surface area contributed by atoms with Gasteiger partial charge in [0.25, 0.3) is 5.91 Å². The monoisotopic (exact) mass is 340 g/mol. The minimum absolute atomic E-state index is 0.223. The Bertz CT molecular complexity index is 832. The summed E-state index contributed by atoms with van der Waals surface area (Å²) in [7, 11) is 0. The zero-order valence-electron chi connectivity index (χ0n) is 14.6. The van der Waals surface area contributed by atoms with Crippen LogP contribution in [-0.2, 0) is 16.9 Å². The predicted molar refractivity (Wildman–Crippen MR) is 93.4 cm³/mol. The first-order valence-corrected chi connectivity index (χ1v) is 8.33. The van der Waals surface area contributed by atoms with Crippen LogP contribution in [0.3, 0.4) is 0 Å². The number of halogens is 1. The van der Waals surface area contributed by atoms with E-state index in [1.54, 1.807) is 12.1 Å². The van der Waals surface area contributed by atoms with Gasteiger partial charge in [-0.15, -0.1) is 0 Å². The largest absolute Gasteiger partial charge is 0.325 e. The zero-order valence-corrected chi connectivity index (χ0v) is 14.6. The van der Waals surface area contributed by atoms with Gasteiger partial charge in [-0.05, 0) is 49.1 Å². The van der Waals surface area contributed by atoms with Crippen molar-refractivity contribution in [3.05, 3.63) is 70.5 Å². The lowest BCUT2D eigenvalue weighted by Crippen LogP contribution is -2.43. The highest BCUT2D eigenvalue weighted by molar-refractivity contribution is 6.07. The van der Waals surface area contributed by atoms with Crippen molar-refractivity contribution in [1.82, 2.24) is 10.2 Å². The van der Waals surface area contributed by atoms with E-state index in [1.165, 1.54) is 17.0 Å². The second-order valence-corrected chi connectivity index (χ2v) is 6.52. The Balaban J connectivity index is 1.95. The number of urea groups is 1. The third kappa shape index (κ3) is 2.90. The van der Waals surface area contributed by atoms with Crippen molar-refractivity contribution in [3.63, 3.8) is 0 Å². The first-order chi connectivity index (χ1) is 11.9. The van der Waals surface area contributed by atoms with Crippen LogP contribution in [0.1, 0.15) is 35.6 Å². The normalized spacial score (nSPS) is 20.1. The number of rotatable bonds is 4. The summed E-state index contributed by atoms with van der Waals surface area (Å²) in [6.45, 7) is 5.99. The van der Waals surface area contributed by atoms with E-state index in [4.69, 9.17) is 0 Å². The maximum atomic E-state index is 13.2. The molecule has 0 aromatic heterocycles. The van der Waals surface area contributed by atoms with Crippen molar-refractivity contribution < 1.29 is 14.0 Å². The third-order valence-corrected chi connectivity index (χ3v) is 4.88. The molecule has 130 valence electrons. The molecule has 1 atom stereocenters. The minimum Gasteiger partial charge on any atom is -0.319 e. The smallest absolute Gasteiger partial charge is 0.319 e. The van der Waals surface area contributed by atoms with E-state index in [0.717, 1.165) is 16.7 Å². The van der Waals surface area contributed by atoms with Crippen molar-refractivity contribution in [2.45, 2.75) is 39.3 Å². The summed E-state index contributed by atoms with van der Waals surface area (Å²) in [6.07, 6.45) is 0.395. The molecule has 3 amide bonds. The van der Waals surface area contributed by atoms with E-state index in [2.05, 4.69) is 5.32 Å². The van der Waals surface area contributed by atoms with Gasteiger partial charge in [-0.3, -0.25) is 9.69 Å². The molecular formula is C20H21FN2O2. The second kappa shape index (κ2) is 6.31. The van der Waals surface area contributed by atoms with Crippen molar-refractivity contribution >= 4 is 11.9 Å². The molecule has 0 bridgehead atoms. The molecule has 1 fully saturated rings. The van der Waals surface area contributed by atoms with Crippen LogP contribution in [0, 0.1) is 19.7 Å². The van der Waals surface area contributed by atoms with Crippen molar-refractivity contribution in [3.8, 4) is 0 Å². The van der Waals surface area contributed by atoms with Gasteiger partial charge in [-0.25, -0.2) is 9.18 Å². The fourth-order valence-electron chi connectivity index (χ4n) is 3.28. The first kappa shape index (κ1) is 17.1. The van der Waals surface area contributed by atoms with Crippen LogP contribution in [0.5, 0.6) is 0 Å². The Kier molecular flexibility index (Phi) is 4.33. The fourth-order valence-corrected chi connectivity index (χ4v) is 3.28. The lowest BCUT2D eigenvalue weighted by Gasteiger charge is -2.26. The van der Waals surface area contributed by atoms with Crippen LogP contribution >= 0.6 is 0 Å². The quantitative estimate of drug-likeness (QED) is 0.861. The number of nitrogens with zero attached hydrogens (tertiary/aromatic N) is 1. The molecule has 1 aliphatic heterocycles. The highest BCUT2D eigenvalue weighted by Gasteiger charge is 2.51. The summed E-state index contributed by atoms with van der Waals surface area (Å²) in [5.74, 6) is -0.675. The molecule has 5 heteroatoms. The fraction of sp³-hybridized carbons (Fsp3) is 0.300. The highest BCUT2D eigenvalue weighted by Crippen LogP contribution is 2.33. The summed E-state index contributed by atoms with van der Waals surface area (Å²) in [5, 5.41) is 2.82. The van der Waals surface area contributed by atoms with E-state index in [1.807, 2.05) is 39.0 Å². The van der Waals surface area contributed by atoms with Crippen molar-refractivity contribution in [1.29, 1.82) is 0 Å². The number of hydrogen-bond donors (Lipinski definition) is 1. The van der Waals surface area contributed by atoms with Crippen LogP contribution in [0.15, 0.2) is 42.5 Å². The molecule has 1 aliphatic rings.